The lowest BCUT2D eigenvalue weighted by molar-refractivity contribution is 0.0959. The number of amides is 1. The Bertz CT molecular complexity index is 1110. The van der Waals surface area contributed by atoms with Gasteiger partial charge >= 0.3 is 0 Å². The number of aryl methyl sites for hydroxylation is 1. The molecule has 168 valence electrons. The van der Waals surface area contributed by atoms with Crippen LogP contribution in [0.25, 0.3) is 10.2 Å². The fraction of sp³-hybridized carbons (Fsp3) is 0.462. The first-order valence-electron chi connectivity index (χ1n) is 11.8. The molecule has 2 fully saturated rings. The molecule has 2 aliphatic rings. The number of nitrogens with one attached hydrogen (secondary N) is 1. The van der Waals surface area contributed by atoms with Crippen LogP contribution in [0.2, 0.25) is 0 Å². The number of rotatable bonds is 5. The molecule has 32 heavy (non-hydrogen) atoms. The SMILES string of the molecule is Cc1ccc2c(N)c(C(=O)NCCc3ccc(N4CCC5(CCCCC5)C4)cc3)sc2n1. The van der Waals surface area contributed by atoms with E-state index in [4.69, 9.17) is 5.73 Å². The Kier molecular flexibility index (Phi) is 5.80. The van der Waals surface area contributed by atoms with Gasteiger partial charge in [-0.2, -0.15) is 0 Å². The van der Waals surface area contributed by atoms with Crippen molar-refractivity contribution in [3.05, 3.63) is 52.5 Å². The molecule has 1 amide bonds. The molecule has 1 saturated heterocycles. The lowest BCUT2D eigenvalue weighted by Gasteiger charge is -2.33. The highest BCUT2D eigenvalue weighted by atomic mass is 32.1. The number of pyridine rings is 1. The number of carbonyl (C=O) groups is 1. The van der Waals surface area contributed by atoms with Gasteiger partial charge in [0.15, 0.2) is 0 Å². The molecule has 0 atom stereocenters. The summed E-state index contributed by atoms with van der Waals surface area (Å²) in [7, 11) is 0. The predicted octanol–water partition coefficient (Wildman–Crippen LogP) is 5.32. The monoisotopic (exact) mass is 448 g/mol. The predicted molar refractivity (Wildman–Crippen MR) is 134 cm³/mol. The molecule has 0 bridgehead atoms. The van der Waals surface area contributed by atoms with Crippen LogP contribution in [0.5, 0.6) is 0 Å². The van der Waals surface area contributed by atoms with Crippen LogP contribution in [0, 0.1) is 12.3 Å². The van der Waals surface area contributed by atoms with Gasteiger partial charge in [-0.3, -0.25) is 4.79 Å². The number of nitrogens with two attached hydrogens (primary N) is 1. The number of fused-ring (bicyclic) bond motifs is 1. The Labute approximate surface area is 194 Å². The van der Waals surface area contributed by atoms with Crippen LogP contribution >= 0.6 is 11.3 Å². The number of thiophene rings is 1. The molecule has 5 rings (SSSR count). The molecule has 1 saturated carbocycles. The lowest BCUT2D eigenvalue weighted by atomic mass is 9.73. The highest BCUT2D eigenvalue weighted by molar-refractivity contribution is 7.21. The number of benzene rings is 1. The standard InChI is InChI=1S/C26H32N4OS/c1-18-5-10-21-22(27)23(32-25(21)29-18)24(31)28-15-11-19-6-8-20(9-7-19)30-16-14-26(17-30)12-3-2-4-13-26/h5-10H,2-4,11-17,27H2,1H3,(H,28,31). The third kappa shape index (κ3) is 4.20. The zero-order valence-electron chi connectivity index (χ0n) is 18.8. The second kappa shape index (κ2) is 8.74. The van der Waals surface area contributed by atoms with E-state index in [9.17, 15) is 4.79 Å². The van der Waals surface area contributed by atoms with Crippen LogP contribution in [0.1, 0.15) is 59.5 Å². The van der Waals surface area contributed by atoms with Crippen molar-refractivity contribution in [3.63, 3.8) is 0 Å². The topological polar surface area (TPSA) is 71.2 Å². The zero-order valence-corrected chi connectivity index (χ0v) is 19.6. The summed E-state index contributed by atoms with van der Waals surface area (Å²) >= 11 is 1.36. The molecule has 1 aliphatic carbocycles. The number of anilines is 2. The van der Waals surface area contributed by atoms with Crippen molar-refractivity contribution in [1.29, 1.82) is 0 Å². The van der Waals surface area contributed by atoms with Gasteiger partial charge in [-0.05, 0) is 67.9 Å². The largest absolute Gasteiger partial charge is 0.397 e. The molecular formula is C26H32N4OS. The fourth-order valence-electron chi connectivity index (χ4n) is 5.40. The third-order valence-corrected chi connectivity index (χ3v) is 8.41. The highest BCUT2D eigenvalue weighted by Crippen LogP contribution is 2.44. The molecule has 1 aliphatic heterocycles. The summed E-state index contributed by atoms with van der Waals surface area (Å²) in [5, 5.41) is 3.89. The maximum atomic E-state index is 12.7. The molecule has 2 aromatic heterocycles. The van der Waals surface area contributed by atoms with Crippen LogP contribution in [0.4, 0.5) is 11.4 Å². The van der Waals surface area contributed by atoms with Crippen molar-refractivity contribution in [2.75, 3.05) is 30.3 Å². The van der Waals surface area contributed by atoms with Crippen LogP contribution in [-0.4, -0.2) is 30.5 Å². The van der Waals surface area contributed by atoms with Crippen LogP contribution in [0.3, 0.4) is 0 Å². The summed E-state index contributed by atoms with van der Waals surface area (Å²) in [6, 6.07) is 12.8. The fourth-order valence-corrected chi connectivity index (χ4v) is 6.45. The number of carbonyl (C=O) groups excluding carboxylic acids is 1. The molecule has 6 heteroatoms. The first kappa shape index (κ1) is 21.3. The second-order valence-corrected chi connectivity index (χ2v) is 10.6. The first-order chi connectivity index (χ1) is 15.5. The average molecular weight is 449 g/mol. The van der Waals surface area contributed by atoms with E-state index in [1.807, 2.05) is 19.1 Å². The van der Waals surface area contributed by atoms with E-state index in [0.717, 1.165) is 22.3 Å². The van der Waals surface area contributed by atoms with Gasteiger partial charge in [0.05, 0.1) is 5.69 Å². The zero-order chi connectivity index (χ0) is 22.1. The maximum Gasteiger partial charge on any atom is 0.263 e. The van der Waals surface area contributed by atoms with Crippen molar-refractivity contribution in [1.82, 2.24) is 10.3 Å². The molecule has 5 nitrogen and oxygen atoms in total. The Morgan fingerprint density at radius 1 is 1.12 bits per heavy atom. The Hall–Kier alpha value is -2.60. The average Bonchev–Trinajstić information content (AvgIpc) is 3.35. The third-order valence-electron chi connectivity index (χ3n) is 7.29. The molecule has 0 unspecified atom stereocenters. The summed E-state index contributed by atoms with van der Waals surface area (Å²) in [5.74, 6) is -0.116. The minimum atomic E-state index is -0.116. The first-order valence-corrected chi connectivity index (χ1v) is 12.6. The smallest absolute Gasteiger partial charge is 0.263 e. The van der Waals surface area contributed by atoms with E-state index >= 15 is 0 Å². The summed E-state index contributed by atoms with van der Waals surface area (Å²) in [5.41, 5.74) is 10.8. The second-order valence-electron chi connectivity index (χ2n) is 9.55. The molecular weight excluding hydrogens is 416 g/mol. The van der Waals surface area contributed by atoms with Crippen LogP contribution < -0.4 is 16.0 Å². The summed E-state index contributed by atoms with van der Waals surface area (Å²) in [4.78, 5) is 21.1. The van der Waals surface area contributed by atoms with Crippen molar-refractivity contribution < 1.29 is 4.79 Å². The summed E-state index contributed by atoms with van der Waals surface area (Å²) in [6.45, 7) is 4.93. The lowest BCUT2D eigenvalue weighted by Crippen LogP contribution is -2.29. The van der Waals surface area contributed by atoms with E-state index in [1.165, 1.54) is 74.2 Å². The van der Waals surface area contributed by atoms with Gasteiger partial charge in [-0.1, -0.05) is 31.4 Å². The molecule has 1 spiro atoms. The van der Waals surface area contributed by atoms with Gasteiger partial charge < -0.3 is 16.0 Å². The maximum absolute atomic E-state index is 12.7. The number of aromatic nitrogens is 1. The van der Waals surface area contributed by atoms with Gasteiger partial charge in [0.2, 0.25) is 0 Å². The van der Waals surface area contributed by atoms with E-state index in [-0.39, 0.29) is 5.91 Å². The quantitative estimate of drug-likeness (QED) is 0.554. The van der Waals surface area contributed by atoms with Crippen molar-refractivity contribution in [2.24, 2.45) is 5.41 Å². The molecule has 0 radical (unpaired) electrons. The molecule has 3 aromatic rings. The van der Waals surface area contributed by atoms with Gasteiger partial charge in [-0.25, -0.2) is 4.98 Å². The molecule has 3 N–H and O–H groups in total. The van der Waals surface area contributed by atoms with Crippen molar-refractivity contribution in [3.8, 4) is 0 Å². The summed E-state index contributed by atoms with van der Waals surface area (Å²) in [6.07, 6.45) is 9.18. The number of hydrogen-bond donors (Lipinski definition) is 2. The van der Waals surface area contributed by atoms with E-state index in [2.05, 4.69) is 39.5 Å². The van der Waals surface area contributed by atoms with Crippen LogP contribution in [-0.2, 0) is 6.42 Å². The van der Waals surface area contributed by atoms with Gasteiger partial charge in [0.25, 0.3) is 5.91 Å². The van der Waals surface area contributed by atoms with Crippen molar-refractivity contribution in [2.45, 2.75) is 51.9 Å². The Morgan fingerprint density at radius 2 is 1.91 bits per heavy atom. The van der Waals surface area contributed by atoms with E-state index in [0.29, 0.717) is 22.5 Å². The van der Waals surface area contributed by atoms with E-state index < -0.39 is 0 Å². The van der Waals surface area contributed by atoms with Gasteiger partial charge in [-0.15, -0.1) is 11.3 Å². The Balaban J connectivity index is 1.16. The number of nitrogens with zero attached hydrogens (tertiary/aromatic N) is 2. The molecule has 3 heterocycles. The molecule has 1 aromatic carbocycles. The van der Waals surface area contributed by atoms with Crippen molar-refractivity contribution >= 4 is 38.8 Å². The van der Waals surface area contributed by atoms with Gasteiger partial charge in [0.1, 0.15) is 9.71 Å². The van der Waals surface area contributed by atoms with Crippen LogP contribution in [0.15, 0.2) is 36.4 Å². The number of nitrogen functional groups attached to an aromatic ring is 1. The summed E-state index contributed by atoms with van der Waals surface area (Å²) < 4.78 is 0. The highest BCUT2D eigenvalue weighted by Gasteiger charge is 2.38. The van der Waals surface area contributed by atoms with E-state index in [1.54, 1.807) is 0 Å². The normalized spacial score (nSPS) is 17.8. The minimum Gasteiger partial charge on any atom is -0.397 e. The number of hydrogen-bond acceptors (Lipinski definition) is 5. The Morgan fingerprint density at radius 3 is 2.69 bits per heavy atom. The minimum absolute atomic E-state index is 0.116. The van der Waals surface area contributed by atoms with Gasteiger partial charge in [0, 0.05) is 36.4 Å².